The number of hydrogen-bond acceptors (Lipinski definition) is 3. The lowest BCUT2D eigenvalue weighted by atomic mass is 10.2. The average molecular weight is 217 g/mol. The van der Waals surface area contributed by atoms with Gasteiger partial charge in [-0.1, -0.05) is 17.7 Å². The molecule has 78 valence electrons. The fourth-order valence-electron chi connectivity index (χ4n) is 0.968. The molecular weight excluding hydrogens is 204 g/mol. The Morgan fingerprint density at radius 1 is 1.50 bits per heavy atom. The minimum absolute atomic E-state index is 0.0671. The monoisotopic (exact) mass is 216 g/mol. The van der Waals surface area contributed by atoms with Crippen LogP contribution in [-0.2, 0) is 0 Å². The fraction of sp³-hybridized carbons (Fsp3) is 0.400. The predicted molar refractivity (Wildman–Crippen MR) is 54.8 cm³/mol. The van der Waals surface area contributed by atoms with E-state index in [1.807, 2.05) is 13.0 Å². The lowest BCUT2D eigenvalue weighted by Gasteiger charge is -2.11. The third kappa shape index (κ3) is 3.18. The molecule has 0 spiro atoms. The molecule has 2 N–H and O–H groups in total. The van der Waals surface area contributed by atoms with Crippen LogP contribution in [0.4, 0.5) is 0 Å². The van der Waals surface area contributed by atoms with E-state index in [1.165, 1.54) is 0 Å². The highest BCUT2D eigenvalue weighted by molar-refractivity contribution is 6.30. The molecule has 3 nitrogen and oxygen atoms in total. The van der Waals surface area contributed by atoms with Crippen LogP contribution in [0.2, 0.25) is 5.02 Å². The Morgan fingerprint density at radius 2 is 2.21 bits per heavy atom. The number of aryl methyl sites for hydroxylation is 1. The molecular formula is C10H13ClO3. The third-order valence-corrected chi connectivity index (χ3v) is 2.03. The standard InChI is InChI=1S/C10H13ClO3/c1-7-2-3-8(11)4-10(7)14-6-9(13)5-12/h2-4,9,12-13H,5-6H2,1H3. The van der Waals surface area contributed by atoms with Crippen LogP contribution in [-0.4, -0.2) is 29.5 Å². The van der Waals surface area contributed by atoms with Crippen molar-refractivity contribution in [2.45, 2.75) is 13.0 Å². The van der Waals surface area contributed by atoms with E-state index in [2.05, 4.69) is 0 Å². The van der Waals surface area contributed by atoms with Crippen LogP contribution >= 0.6 is 11.6 Å². The molecule has 0 saturated heterocycles. The fourth-order valence-corrected chi connectivity index (χ4v) is 1.13. The quantitative estimate of drug-likeness (QED) is 0.800. The second-order valence-electron chi connectivity index (χ2n) is 3.06. The first-order chi connectivity index (χ1) is 6.63. The lowest BCUT2D eigenvalue weighted by molar-refractivity contribution is 0.0534. The molecule has 1 rings (SSSR count). The molecule has 1 aromatic rings. The number of benzene rings is 1. The van der Waals surface area contributed by atoms with Gasteiger partial charge in [-0.3, -0.25) is 0 Å². The zero-order chi connectivity index (χ0) is 10.6. The minimum atomic E-state index is -0.853. The van der Waals surface area contributed by atoms with Crippen LogP contribution in [0.5, 0.6) is 5.75 Å². The van der Waals surface area contributed by atoms with E-state index in [1.54, 1.807) is 12.1 Å². The number of ether oxygens (including phenoxy) is 1. The summed E-state index contributed by atoms with van der Waals surface area (Å²) in [5.41, 5.74) is 0.944. The number of hydrogen-bond donors (Lipinski definition) is 2. The molecule has 0 aliphatic rings. The van der Waals surface area contributed by atoms with Crippen LogP contribution in [0.25, 0.3) is 0 Å². The van der Waals surface area contributed by atoms with Gasteiger partial charge in [0.15, 0.2) is 0 Å². The van der Waals surface area contributed by atoms with Gasteiger partial charge in [0.25, 0.3) is 0 Å². The molecule has 1 atom stereocenters. The molecule has 0 fully saturated rings. The normalized spacial score (nSPS) is 12.6. The van der Waals surface area contributed by atoms with E-state index >= 15 is 0 Å². The third-order valence-electron chi connectivity index (χ3n) is 1.79. The topological polar surface area (TPSA) is 49.7 Å². The molecule has 0 aliphatic heterocycles. The Kier molecular flexibility index (Phi) is 4.20. The Hall–Kier alpha value is -0.770. The van der Waals surface area contributed by atoms with Crippen molar-refractivity contribution in [2.75, 3.05) is 13.2 Å². The number of aliphatic hydroxyl groups excluding tert-OH is 2. The average Bonchev–Trinajstić information content (AvgIpc) is 2.19. The van der Waals surface area contributed by atoms with E-state index < -0.39 is 6.10 Å². The summed E-state index contributed by atoms with van der Waals surface area (Å²) < 4.78 is 5.28. The molecule has 0 aromatic heterocycles. The summed E-state index contributed by atoms with van der Waals surface area (Å²) >= 11 is 5.77. The van der Waals surface area contributed by atoms with E-state index in [0.717, 1.165) is 5.56 Å². The highest BCUT2D eigenvalue weighted by Gasteiger charge is 2.05. The molecule has 0 radical (unpaired) electrons. The second kappa shape index (κ2) is 5.20. The molecule has 0 bridgehead atoms. The van der Waals surface area contributed by atoms with Gasteiger partial charge in [0.1, 0.15) is 18.5 Å². The van der Waals surface area contributed by atoms with Crippen molar-refractivity contribution in [2.24, 2.45) is 0 Å². The van der Waals surface area contributed by atoms with E-state index in [9.17, 15) is 0 Å². The van der Waals surface area contributed by atoms with Gasteiger partial charge >= 0.3 is 0 Å². The van der Waals surface area contributed by atoms with Crippen LogP contribution in [0.15, 0.2) is 18.2 Å². The largest absolute Gasteiger partial charge is 0.490 e. The Labute approximate surface area is 87.9 Å². The highest BCUT2D eigenvalue weighted by Crippen LogP contribution is 2.22. The van der Waals surface area contributed by atoms with Crippen LogP contribution in [0.1, 0.15) is 5.56 Å². The Morgan fingerprint density at radius 3 is 2.86 bits per heavy atom. The Bertz CT molecular complexity index is 301. The SMILES string of the molecule is Cc1ccc(Cl)cc1OCC(O)CO. The van der Waals surface area contributed by atoms with Crippen molar-refractivity contribution in [1.29, 1.82) is 0 Å². The molecule has 0 amide bonds. The first kappa shape index (κ1) is 11.3. The van der Waals surface area contributed by atoms with Crippen molar-refractivity contribution in [3.8, 4) is 5.75 Å². The van der Waals surface area contributed by atoms with Crippen molar-refractivity contribution < 1.29 is 14.9 Å². The minimum Gasteiger partial charge on any atom is -0.490 e. The maximum atomic E-state index is 9.07. The molecule has 1 unspecified atom stereocenters. The van der Waals surface area contributed by atoms with Crippen molar-refractivity contribution in [3.63, 3.8) is 0 Å². The maximum Gasteiger partial charge on any atom is 0.123 e. The molecule has 1 aromatic carbocycles. The number of aliphatic hydroxyl groups is 2. The van der Waals surface area contributed by atoms with Crippen molar-refractivity contribution >= 4 is 11.6 Å². The summed E-state index contributed by atoms with van der Waals surface area (Å²) in [6.45, 7) is 1.65. The van der Waals surface area contributed by atoms with Gasteiger partial charge in [0, 0.05) is 5.02 Å². The highest BCUT2D eigenvalue weighted by atomic mass is 35.5. The van der Waals surface area contributed by atoms with Gasteiger partial charge < -0.3 is 14.9 Å². The zero-order valence-corrected chi connectivity index (χ0v) is 8.66. The van der Waals surface area contributed by atoms with Crippen LogP contribution < -0.4 is 4.74 Å². The molecule has 0 saturated carbocycles. The first-order valence-corrected chi connectivity index (χ1v) is 4.69. The van der Waals surface area contributed by atoms with Gasteiger partial charge in [-0.2, -0.15) is 0 Å². The molecule has 4 heteroatoms. The summed E-state index contributed by atoms with van der Waals surface area (Å²) in [7, 11) is 0. The van der Waals surface area contributed by atoms with Crippen LogP contribution in [0.3, 0.4) is 0 Å². The van der Waals surface area contributed by atoms with E-state index in [4.69, 9.17) is 26.6 Å². The Balaban J connectivity index is 2.62. The summed E-state index contributed by atoms with van der Waals surface area (Å²) in [5, 5.41) is 18.2. The van der Waals surface area contributed by atoms with Gasteiger partial charge in [0.05, 0.1) is 6.61 Å². The zero-order valence-electron chi connectivity index (χ0n) is 7.90. The van der Waals surface area contributed by atoms with Crippen molar-refractivity contribution in [1.82, 2.24) is 0 Å². The van der Waals surface area contributed by atoms with Gasteiger partial charge in [-0.25, -0.2) is 0 Å². The second-order valence-corrected chi connectivity index (χ2v) is 3.49. The molecule has 0 heterocycles. The predicted octanol–water partition coefficient (Wildman–Crippen LogP) is 1.38. The lowest BCUT2D eigenvalue weighted by Crippen LogP contribution is -2.21. The summed E-state index contributed by atoms with van der Waals surface area (Å²) in [4.78, 5) is 0. The number of rotatable bonds is 4. The summed E-state index contributed by atoms with van der Waals surface area (Å²) in [5.74, 6) is 0.630. The number of halogens is 1. The smallest absolute Gasteiger partial charge is 0.123 e. The van der Waals surface area contributed by atoms with E-state index in [0.29, 0.717) is 10.8 Å². The summed E-state index contributed by atoms with van der Waals surface area (Å²) in [6.07, 6.45) is -0.853. The molecule has 0 aliphatic carbocycles. The summed E-state index contributed by atoms with van der Waals surface area (Å²) in [6, 6.07) is 5.29. The van der Waals surface area contributed by atoms with E-state index in [-0.39, 0.29) is 13.2 Å². The first-order valence-electron chi connectivity index (χ1n) is 4.31. The molecule has 14 heavy (non-hydrogen) atoms. The van der Waals surface area contributed by atoms with Gasteiger partial charge in [-0.15, -0.1) is 0 Å². The van der Waals surface area contributed by atoms with Crippen LogP contribution in [0, 0.1) is 6.92 Å². The van der Waals surface area contributed by atoms with Crippen molar-refractivity contribution in [3.05, 3.63) is 28.8 Å². The maximum absolute atomic E-state index is 9.07. The van der Waals surface area contributed by atoms with Gasteiger partial charge in [-0.05, 0) is 24.6 Å². The van der Waals surface area contributed by atoms with Gasteiger partial charge in [0.2, 0.25) is 0 Å².